The van der Waals surface area contributed by atoms with Crippen LogP contribution in [0.4, 0.5) is 0 Å². The fraction of sp³-hybridized carbons (Fsp3) is 0.458. The first kappa shape index (κ1) is 21.2. The second-order valence-corrected chi connectivity index (χ2v) is 8.65. The molecule has 1 atom stereocenters. The van der Waals surface area contributed by atoms with Gasteiger partial charge in [-0.25, -0.2) is 4.98 Å². The number of piperazine rings is 1. The van der Waals surface area contributed by atoms with Crippen molar-refractivity contribution in [1.29, 1.82) is 0 Å². The molecule has 1 aromatic heterocycles. The van der Waals surface area contributed by atoms with E-state index in [9.17, 15) is 0 Å². The van der Waals surface area contributed by atoms with Gasteiger partial charge in [-0.15, -0.1) is 0 Å². The Kier molecular flexibility index (Phi) is 6.61. The predicted molar refractivity (Wildman–Crippen MR) is 124 cm³/mol. The lowest BCUT2D eigenvalue weighted by atomic mass is 10.2. The second-order valence-electron chi connectivity index (χ2n) is 8.24. The third-order valence-corrected chi connectivity index (χ3v) is 6.49. The van der Waals surface area contributed by atoms with Crippen LogP contribution in [0.3, 0.4) is 0 Å². The quantitative estimate of drug-likeness (QED) is 0.509. The van der Waals surface area contributed by atoms with Gasteiger partial charge >= 0.3 is 0 Å². The Balaban J connectivity index is 1.46. The molecule has 4 rings (SSSR count). The minimum absolute atomic E-state index is 0.297. The lowest BCUT2D eigenvalue weighted by molar-refractivity contribution is 0.113. The molecule has 30 heavy (non-hydrogen) atoms. The van der Waals surface area contributed by atoms with Crippen molar-refractivity contribution in [3.63, 3.8) is 0 Å². The van der Waals surface area contributed by atoms with Gasteiger partial charge in [0.2, 0.25) is 0 Å². The minimum atomic E-state index is 0.297. The van der Waals surface area contributed by atoms with Gasteiger partial charge in [-0.05, 0) is 63.2 Å². The van der Waals surface area contributed by atoms with Crippen molar-refractivity contribution in [2.24, 2.45) is 0 Å². The van der Waals surface area contributed by atoms with Gasteiger partial charge in [0.05, 0.1) is 23.7 Å². The zero-order valence-electron chi connectivity index (χ0n) is 18.1. The number of hydrogen-bond acceptors (Lipinski definition) is 4. The summed E-state index contributed by atoms with van der Waals surface area (Å²) in [6.07, 6.45) is 0.921. The average Bonchev–Trinajstić information content (AvgIpc) is 3.12. The highest BCUT2D eigenvalue weighted by molar-refractivity contribution is 6.31. The van der Waals surface area contributed by atoms with Crippen molar-refractivity contribution < 1.29 is 4.74 Å². The Labute approximate surface area is 184 Å². The van der Waals surface area contributed by atoms with E-state index < -0.39 is 0 Å². The molecule has 160 valence electrons. The molecule has 0 spiro atoms. The number of imidazole rings is 1. The molecule has 6 heteroatoms. The van der Waals surface area contributed by atoms with Gasteiger partial charge in [-0.2, -0.15) is 0 Å². The molecule has 3 aromatic rings. The summed E-state index contributed by atoms with van der Waals surface area (Å²) in [5, 5.41) is 0.773. The van der Waals surface area contributed by atoms with Crippen LogP contribution in [0.25, 0.3) is 11.0 Å². The second kappa shape index (κ2) is 9.38. The normalized spacial score (nSPS) is 16.8. The van der Waals surface area contributed by atoms with E-state index in [-0.39, 0.29) is 0 Å². The highest BCUT2D eigenvalue weighted by Crippen LogP contribution is 2.26. The van der Waals surface area contributed by atoms with Crippen LogP contribution in [-0.2, 0) is 6.54 Å². The van der Waals surface area contributed by atoms with E-state index in [4.69, 9.17) is 21.3 Å². The van der Waals surface area contributed by atoms with Crippen molar-refractivity contribution >= 4 is 22.6 Å². The summed E-state index contributed by atoms with van der Waals surface area (Å²) in [5.41, 5.74) is 3.32. The fourth-order valence-corrected chi connectivity index (χ4v) is 4.26. The van der Waals surface area contributed by atoms with Crippen LogP contribution in [0, 0.1) is 6.92 Å². The number of rotatable bonds is 7. The largest absolute Gasteiger partial charge is 0.494 e. The van der Waals surface area contributed by atoms with Crippen LogP contribution < -0.4 is 4.74 Å². The number of aryl methyl sites for hydroxylation is 2. The zero-order chi connectivity index (χ0) is 21.1. The van der Waals surface area contributed by atoms with Crippen molar-refractivity contribution in [1.82, 2.24) is 19.4 Å². The van der Waals surface area contributed by atoms with Crippen LogP contribution in [0.2, 0.25) is 5.02 Å². The number of fused-ring (bicyclic) bond motifs is 1. The number of hydrogen-bond donors (Lipinski definition) is 0. The molecule has 1 fully saturated rings. The molecule has 0 saturated carbocycles. The van der Waals surface area contributed by atoms with Gasteiger partial charge in [0.25, 0.3) is 0 Å². The molecule has 0 N–H and O–H groups in total. The Hall–Kier alpha value is -2.08. The first-order chi connectivity index (χ1) is 14.5. The van der Waals surface area contributed by atoms with Crippen LogP contribution >= 0.6 is 11.6 Å². The van der Waals surface area contributed by atoms with Crippen molar-refractivity contribution in [2.45, 2.75) is 32.9 Å². The zero-order valence-corrected chi connectivity index (χ0v) is 18.9. The Morgan fingerprint density at radius 3 is 2.63 bits per heavy atom. The minimum Gasteiger partial charge on any atom is -0.494 e. The van der Waals surface area contributed by atoms with E-state index in [0.717, 1.165) is 66.8 Å². The SMILES string of the molecule is Cc1cc(OCCCn2c(C(C)N3CCN(C)CC3)nc3ccccc32)ccc1Cl. The molecule has 2 aromatic carbocycles. The molecule has 0 amide bonds. The van der Waals surface area contributed by atoms with Gasteiger partial charge < -0.3 is 14.2 Å². The Bertz CT molecular complexity index is 994. The molecular formula is C24H31ClN4O. The molecular weight excluding hydrogens is 396 g/mol. The third kappa shape index (κ3) is 4.64. The third-order valence-electron chi connectivity index (χ3n) is 6.07. The average molecular weight is 427 g/mol. The number of nitrogens with zero attached hydrogens (tertiary/aromatic N) is 4. The molecule has 1 saturated heterocycles. The number of halogens is 1. The van der Waals surface area contributed by atoms with Crippen LogP contribution in [0.15, 0.2) is 42.5 Å². The molecule has 5 nitrogen and oxygen atoms in total. The van der Waals surface area contributed by atoms with Gasteiger partial charge in [0, 0.05) is 37.7 Å². The maximum atomic E-state index is 6.11. The van der Waals surface area contributed by atoms with E-state index in [1.165, 1.54) is 5.52 Å². The maximum Gasteiger partial charge on any atom is 0.127 e. The first-order valence-electron chi connectivity index (χ1n) is 10.8. The standard InChI is InChI=1S/C24H31ClN4O/c1-18-17-20(9-10-21(18)25)30-16-6-11-29-23-8-5-4-7-22(23)26-24(29)19(2)28-14-12-27(3)13-15-28/h4-5,7-10,17,19H,6,11-16H2,1-3H3. The van der Waals surface area contributed by atoms with Crippen molar-refractivity contribution in [2.75, 3.05) is 39.8 Å². The summed E-state index contributed by atoms with van der Waals surface area (Å²) in [7, 11) is 2.19. The van der Waals surface area contributed by atoms with E-state index in [1.807, 2.05) is 25.1 Å². The topological polar surface area (TPSA) is 33.5 Å². The summed E-state index contributed by atoms with van der Waals surface area (Å²) in [4.78, 5) is 9.95. The van der Waals surface area contributed by atoms with Crippen molar-refractivity contribution in [3.05, 3.63) is 58.9 Å². The molecule has 0 bridgehead atoms. The number of aromatic nitrogens is 2. The van der Waals surface area contributed by atoms with Gasteiger partial charge in [-0.3, -0.25) is 4.90 Å². The summed E-state index contributed by atoms with van der Waals surface area (Å²) >= 11 is 6.11. The summed E-state index contributed by atoms with van der Waals surface area (Å²) in [6, 6.07) is 14.6. The van der Waals surface area contributed by atoms with Crippen LogP contribution in [0.1, 0.15) is 30.8 Å². The van der Waals surface area contributed by atoms with Gasteiger partial charge in [0.1, 0.15) is 11.6 Å². The lowest BCUT2D eigenvalue weighted by Crippen LogP contribution is -2.45. The fourth-order valence-electron chi connectivity index (χ4n) is 4.14. The highest BCUT2D eigenvalue weighted by atomic mass is 35.5. The molecule has 1 unspecified atom stereocenters. The highest BCUT2D eigenvalue weighted by Gasteiger charge is 2.24. The molecule has 1 aliphatic heterocycles. The molecule has 2 heterocycles. The number of ether oxygens (including phenoxy) is 1. The van der Waals surface area contributed by atoms with Crippen LogP contribution in [-0.4, -0.2) is 59.2 Å². The van der Waals surface area contributed by atoms with Crippen LogP contribution in [0.5, 0.6) is 5.75 Å². The summed E-state index contributed by atoms with van der Waals surface area (Å²) < 4.78 is 8.36. The number of para-hydroxylation sites is 2. The number of benzene rings is 2. The maximum absolute atomic E-state index is 6.11. The van der Waals surface area contributed by atoms with Gasteiger partial charge in [0.15, 0.2) is 0 Å². The Morgan fingerprint density at radius 2 is 1.87 bits per heavy atom. The molecule has 1 aliphatic rings. The summed E-state index contributed by atoms with van der Waals surface area (Å²) in [5.74, 6) is 2.03. The summed E-state index contributed by atoms with van der Waals surface area (Å²) in [6.45, 7) is 10.2. The van der Waals surface area contributed by atoms with Gasteiger partial charge in [-0.1, -0.05) is 23.7 Å². The van der Waals surface area contributed by atoms with E-state index >= 15 is 0 Å². The molecule has 0 radical (unpaired) electrons. The number of likely N-dealkylation sites (N-methyl/N-ethyl adjacent to an activating group) is 1. The lowest BCUT2D eigenvalue weighted by Gasteiger charge is -2.36. The van der Waals surface area contributed by atoms with Crippen molar-refractivity contribution in [3.8, 4) is 5.75 Å². The molecule has 0 aliphatic carbocycles. The first-order valence-corrected chi connectivity index (χ1v) is 11.2. The Morgan fingerprint density at radius 1 is 1.10 bits per heavy atom. The smallest absolute Gasteiger partial charge is 0.127 e. The predicted octanol–water partition coefficient (Wildman–Crippen LogP) is 4.78. The van der Waals surface area contributed by atoms with E-state index in [2.05, 4.69) is 52.6 Å². The van der Waals surface area contributed by atoms with E-state index in [0.29, 0.717) is 12.6 Å². The van der Waals surface area contributed by atoms with E-state index in [1.54, 1.807) is 0 Å². The monoisotopic (exact) mass is 426 g/mol.